The highest BCUT2D eigenvalue weighted by Crippen LogP contribution is 2.44. The van der Waals surface area contributed by atoms with Gasteiger partial charge in [0.25, 0.3) is 0 Å². The van der Waals surface area contributed by atoms with Crippen molar-refractivity contribution in [1.29, 1.82) is 0 Å². The van der Waals surface area contributed by atoms with Crippen LogP contribution in [-0.4, -0.2) is 21.2 Å². The van der Waals surface area contributed by atoms with Crippen LogP contribution in [0.25, 0.3) is 11.3 Å². The number of ether oxygens (including phenoxy) is 1. The zero-order valence-corrected chi connectivity index (χ0v) is 21.3. The first-order valence-corrected chi connectivity index (χ1v) is 12.4. The lowest BCUT2D eigenvalue weighted by Gasteiger charge is -2.33. The van der Waals surface area contributed by atoms with Gasteiger partial charge in [-0.05, 0) is 50.5 Å². The normalized spacial score (nSPS) is 16.6. The van der Waals surface area contributed by atoms with Crippen molar-refractivity contribution >= 4 is 40.6 Å². The lowest BCUT2D eigenvalue weighted by Crippen LogP contribution is -2.39. The first-order chi connectivity index (χ1) is 17.8. The number of nitrogens with one attached hydrogen (secondary N) is 1. The first kappa shape index (κ1) is 23.7. The summed E-state index contributed by atoms with van der Waals surface area (Å²) in [5.41, 5.74) is 4.63. The first-order valence-electron chi connectivity index (χ1n) is 11.6. The molecular weight excluding hydrogens is 520 g/mol. The molecule has 0 saturated carbocycles. The molecule has 2 amide bonds. The van der Waals surface area contributed by atoms with Crippen LogP contribution in [-0.2, 0) is 13.0 Å². The predicted molar refractivity (Wildman–Crippen MR) is 137 cm³/mol. The minimum atomic E-state index is -0.545. The minimum Gasteiger partial charge on any atom is -0.484 e. The second-order valence-corrected chi connectivity index (χ2v) is 9.77. The molecule has 0 fully saturated rings. The Hall–Kier alpha value is -3.69. The highest BCUT2D eigenvalue weighted by atomic mass is 35.5. The van der Waals surface area contributed by atoms with Crippen LogP contribution < -0.4 is 15.0 Å². The Labute approximate surface area is 221 Å². The van der Waals surface area contributed by atoms with Crippen molar-refractivity contribution in [2.75, 3.05) is 10.2 Å². The summed E-state index contributed by atoms with van der Waals surface area (Å²) in [7, 11) is 0. The molecule has 37 heavy (non-hydrogen) atoms. The van der Waals surface area contributed by atoms with Gasteiger partial charge in [-0.2, -0.15) is 0 Å². The van der Waals surface area contributed by atoms with Crippen LogP contribution in [0.5, 0.6) is 5.75 Å². The Kier molecular flexibility index (Phi) is 5.77. The number of nitrogens with zero attached hydrogens (tertiary/aromatic N) is 4. The quantitative estimate of drug-likeness (QED) is 0.307. The summed E-state index contributed by atoms with van der Waals surface area (Å²) in [6, 6.07) is 5.98. The van der Waals surface area contributed by atoms with E-state index in [4.69, 9.17) is 32.5 Å². The fourth-order valence-electron chi connectivity index (χ4n) is 4.85. The molecule has 0 saturated heterocycles. The third kappa shape index (κ3) is 3.98. The molecule has 1 atom stereocenters. The Morgan fingerprint density at radius 1 is 1.19 bits per heavy atom. The van der Waals surface area contributed by atoms with E-state index in [-0.39, 0.29) is 12.2 Å². The van der Waals surface area contributed by atoms with E-state index in [1.807, 2.05) is 6.92 Å². The summed E-state index contributed by atoms with van der Waals surface area (Å²) < 4.78 is 25.8. The van der Waals surface area contributed by atoms with Crippen molar-refractivity contribution in [2.24, 2.45) is 0 Å². The summed E-state index contributed by atoms with van der Waals surface area (Å²) in [4.78, 5) is 23.5. The number of fused-ring (bicyclic) bond motifs is 2. The van der Waals surface area contributed by atoms with Gasteiger partial charge in [0, 0.05) is 24.0 Å². The highest BCUT2D eigenvalue weighted by Gasteiger charge is 2.33. The van der Waals surface area contributed by atoms with Crippen molar-refractivity contribution in [3.63, 3.8) is 0 Å². The van der Waals surface area contributed by atoms with Gasteiger partial charge >= 0.3 is 6.03 Å². The Morgan fingerprint density at radius 2 is 2.03 bits per heavy atom. The van der Waals surface area contributed by atoms with Crippen molar-refractivity contribution in [3.05, 3.63) is 80.8 Å². The van der Waals surface area contributed by atoms with Crippen LogP contribution in [0.4, 0.5) is 20.6 Å². The van der Waals surface area contributed by atoms with E-state index in [0.29, 0.717) is 68.3 Å². The number of carbonyl (C=O) groups excluding carboxylic acids is 1. The van der Waals surface area contributed by atoms with Crippen molar-refractivity contribution in [1.82, 2.24) is 15.1 Å². The van der Waals surface area contributed by atoms with Crippen LogP contribution in [0, 0.1) is 19.7 Å². The van der Waals surface area contributed by atoms with E-state index in [9.17, 15) is 9.18 Å². The molecule has 188 valence electrons. The van der Waals surface area contributed by atoms with E-state index in [1.54, 1.807) is 25.3 Å². The zero-order chi connectivity index (χ0) is 25.8. The van der Waals surface area contributed by atoms with Crippen molar-refractivity contribution < 1.29 is 18.4 Å². The van der Waals surface area contributed by atoms with Gasteiger partial charge in [-0.15, -0.1) is 0 Å². The monoisotopic (exact) mass is 539 g/mol. The number of aromatic nitrogens is 3. The number of anilines is 2. The number of carbonyl (C=O) groups is 1. The molecule has 0 bridgehead atoms. The molecule has 5 heterocycles. The summed E-state index contributed by atoms with van der Waals surface area (Å²) in [6.45, 7) is 3.74. The Bertz CT molecular complexity index is 1550. The maximum absolute atomic E-state index is 14.3. The number of hydrogen-bond donors (Lipinski definition) is 1. The molecule has 11 heteroatoms. The van der Waals surface area contributed by atoms with E-state index in [2.05, 4.69) is 20.4 Å². The highest BCUT2D eigenvalue weighted by molar-refractivity contribution is 6.34. The molecule has 1 N–H and O–H groups in total. The zero-order valence-electron chi connectivity index (χ0n) is 19.8. The maximum atomic E-state index is 14.3. The van der Waals surface area contributed by atoms with Crippen LogP contribution in [0.15, 0.2) is 41.2 Å². The predicted octanol–water partition coefficient (Wildman–Crippen LogP) is 6.81. The third-order valence-electron chi connectivity index (χ3n) is 6.66. The molecule has 8 nitrogen and oxygen atoms in total. The maximum Gasteiger partial charge on any atom is 0.326 e. The lowest BCUT2D eigenvalue weighted by molar-refractivity contribution is 0.167. The number of hydrogen-bond acceptors (Lipinski definition) is 6. The Balaban J connectivity index is 1.37. The van der Waals surface area contributed by atoms with E-state index < -0.39 is 18.0 Å². The molecular formula is C26H20Cl2FN5O3. The average Bonchev–Trinajstić information content (AvgIpc) is 3.21. The summed E-state index contributed by atoms with van der Waals surface area (Å²) in [5, 5.41) is 7.71. The van der Waals surface area contributed by atoms with Gasteiger partial charge in [0.2, 0.25) is 0 Å². The van der Waals surface area contributed by atoms with Gasteiger partial charge in [0.1, 0.15) is 29.1 Å². The molecule has 4 aromatic rings. The van der Waals surface area contributed by atoms with E-state index in [0.717, 1.165) is 5.56 Å². The molecule has 3 aromatic heterocycles. The van der Waals surface area contributed by atoms with E-state index in [1.165, 1.54) is 23.2 Å². The number of rotatable bonds is 3. The lowest BCUT2D eigenvalue weighted by atomic mass is 9.98. The molecule has 2 aliphatic rings. The fourth-order valence-corrected chi connectivity index (χ4v) is 5.34. The summed E-state index contributed by atoms with van der Waals surface area (Å²) in [6.07, 6.45) is 3.72. The molecule has 0 radical (unpaired) electrons. The molecule has 6 rings (SSSR count). The van der Waals surface area contributed by atoms with Gasteiger partial charge in [-0.25, -0.2) is 9.18 Å². The van der Waals surface area contributed by atoms with Gasteiger partial charge in [-0.1, -0.05) is 28.4 Å². The molecule has 0 aliphatic carbocycles. The van der Waals surface area contributed by atoms with Crippen molar-refractivity contribution in [2.45, 2.75) is 39.3 Å². The fraction of sp³-hybridized carbons (Fsp3) is 0.231. The molecule has 0 spiro atoms. The number of halogens is 3. The number of amides is 2. The number of pyridine rings is 2. The van der Waals surface area contributed by atoms with Crippen molar-refractivity contribution in [3.8, 4) is 17.0 Å². The van der Waals surface area contributed by atoms with Gasteiger partial charge < -0.3 is 14.6 Å². The van der Waals surface area contributed by atoms with Crippen LogP contribution >= 0.6 is 23.2 Å². The second-order valence-electron chi connectivity index (χ2n) is 8.95. The standard InChI is InChI=1S/C26H20Cl2FN5O3/c1-12-22(13(2)37-33-12)25-23-15(17(28)10-31-25)11-34(26(35)32-23)19-9-21-14(8-16(19)27)5-6-20(36-21)24-18(29)4-3-7-30-24/h3-4,7-10,20H,5-6,11H2,1-2H3,(H,32,35). The summed E-state index contributed by atoms with van der Waals surface area (Å²) in [5.74, 6) is 0.686. The topological polar surface area (TPSA) is 93.4 Å². The Morgan fingerprint density at radius 3 is 2.78 bits per heavy atom. The summed E-state index contributed by atoms with van der Waals surface area (Å²) >= 11 is 13.2. The second kappa shape index (κ2) is 9.00. The van der Waals surface area contributed by atoms with Crippen LogP contribution in [0.2, 0.25) is 10.0 Å². The number of aryl methyl sites for hydroxylation is 3. The average molecular weight is 540 g/mol. The molecule has 1 aromatic carbocycles. The van der Waals surface area contributed by atoms with Gasteiger partial charge in [-0.3, -0.25) is 14.9 Å². The third-order valence-corrected chi connectivity index (χ3v) is 7.28. The van der Waals surface area contributed by atoms with E-state index >= 15 is 0 Å². The molecule has 1 unspecified atom stereocenters. The largest absolute Gasteiger partial charge is 0.484 e. The van der Waals surface area contributed by atoms with Gasteiger partial charge in [0.15, 0.2) is 0 Å². The van der Waals surface area contributed by atoms with Gasteiger partial charge in [0.05, 0.1) is 44.9 Å². The smallest absolute Gasteiger partial charge is 0.326 e. The van der Waals surface area contributed by atoms with Crippen LogP contribution in [0.1, 0.15) is 40.8 Å². The minimum absolute atomic E-state index is 0.149. The SMILES string of the molecule is Cc1noc(C)c1-c1ncc(Cl)c2c1NC(=O)N(c1cc3c(cc1Cl)CCC(c1ncccc1F)O3)C2. The van der Waals surface area contributed by atoms with Crippen LogP contribution in [0.3, 0.4) is 0 Å². The molecule has 2 aliphatic heterocycles. The number of benzene rings is 1. The number of urea groups is 1.